The average Bonchev–Trinajstić information content (AvgIpc) is 2.87. The molecule has 21 heavy (non-hydrogen) atoms. The molecule has 0 bridgehead atoms. The molecular weight excluding hydrogens is 262 g/mol. The average molecular weight is 293 g/mol. The van der Waals surface area contributed by atoms with Crippen molar-refractivity contribution in [3.8, 4) is 0 Å². The number of hydrogen-bond acceptors (Lipinski definition) is 3. The van der Waals surface area contributed by atoms with Crippen LogP contribution in [0, 0.1) is 11.8 Å². The van der Waals surface area contributed by atoms with Crippen molar-refractivity contribution in [1.82, 2.24) is 14.5 Å². The molecule has 1 N–H and O–H groups in total. The fourth-order valence-corrected chi connectivity index (χ4v) is 3.31. The van der Waals surface area contributed by atoms with Crippen LogP contribution in [0.3, 0.4) is 0 Å². The van der Waals surface area contributed by atoms with E-state index in [1.807, 2.05) is 6.20 Å². The van der Waals surface area contributed by atoms with Crippen molar-refractivity contribution in [3.05, 3.63) is 18.2 Å². The third-order valence-electron chi connectivity index (χ3n) is 4.56. The van der Waals surface area contributed by atoms with Gasteiger partial charge in [0, 0.05) is 18.4 Å². The van der Waals surface area contributed by atoms with Gasteiger partial charge in [-0.25, -0.2) is 4.98 Å². The maximum Gasteiger partial charge on any atom is 0.123 e. The first-order valence-corrected chi connectivity index (χ1v) is 8.39. The predicted octanol–water partition coefficient (Wildman–Crippen LogP) is 3.08. The highest BCUT2D eigenvalue weighted by Crippen LogP contribution is 2.25. The van der Waals surface area contributed by atoms with Gasteiger partial charge in [-0.1, -0.05) is 13.8 Å². The summed E-state index contributed by atoms with van der Waals surface area (Å²) in [6, 6.07) is 0.466. The van der Waals surface area contributed by atoms with E-state index in [1.165, 1.54) is 0 Å². The number of hydrogen-bond donors (Lipinski definition) is 1. The molecule has 1 aromatic heterocycles. The summed E-state index contributed by atoms with van der Waals surface area (Å²) in [5.41, 5.74) is 0. The molecular formula is C17H31N3O. The standard InChI is InChI=1S/C17H31N3O/c1-13(2)11-16(21)15-5-8-19(9-6-15)12-17-18-7-10-20(17)14(3)4/h7,10,13-16,21H,5-6,8-9,11-12H2,1-4H3. The molecule has 120 valence electrons. The predicted molar refractivity (Wildman–Crippen MR) is 86.1 cm³/mol. The minimum atomic E-state index is -0.121. The Morgan fingerprint density at radius 1 is 1.24 bits per heavy atom. The first-order chi connectivity index (χ1) is 9.97. The minimum absolute atomic E-state index is 0.121. The highest BCUT2D eigenvalue weighted by Gasteiger charge is 2.26. The number of imidazole rings is 1. The Bertz CT molecular complexity index is 419. The Labute approximate surface area is 129 Å². The number of nitrogens with zero attached hydrogens (tertiary/aromatic N) is 3. The van der Waals surface area contributed by atoms with Gasteiger partial charge >= 0.3 is 0 Å². The summed E-state index contributed by atoms with van der Waals surface area (Å²) in [7, 11) is 0. The van der Waals surface area contributed by atoms with Gasteiger partial charge in [0.25, 0.3) is 0 Å². The third kappa shape index (κ3) is 4.55. The molecule has 1 fully saturated rings. The summed E-state index contributed by atoms with van der Waals surface area (Å²) in [5.74, 6) is 2.22. The Balaban J connectivity index is 1.83. The summed E-state index contributed by atoms with van der Waals surface area (Å²) in [6.07, 6.45) is 6.99. The smallest absolute Gasteiger partial charge is 0.123 e. The van der Waals surface area contributed by atoms with E-state index in [1.54, 1.807) is 0 Å². The van der Waals surface area contributed by atoms with Gasteiger partial charge in [-0.3, -0.25) is 4.90 Å². The zero-order valence-electron chi connectivity index (χ0n) is 14.0. The molecule has 0 radical (unpaired) electrons. The van der Waals surface area contributed by atoms with E-state index in [9.17, 15) is 5.11 Å². The summed E-state index contributed by atoms with van der Waals surface area (Å²) in [4.78, 5) is 6.97. The van der Waals surface area contributed by atoms with Gasteiger partial charge in [-0.15, -0.1) is 0 Å². The number of aliphatic hydroxyl groups excluding tert-OH is 1. The van der Waals surface area contributed by atoms with Gasteiger partial charge in [0.2, 0.25) is 0 Å². The SMILES string of the molecule is CC(C)CC(O)C1CCN(Cc2nccn2C(C)C)CC1. The monoisotopic (exact) mass is 293 g/mol. The molecule has 0 aliphatic carbocycles. The van der Waals surface area contributed by atoms with Gasteiger partial charge in [0.05, 0.1) is 12.6 Å². The lowest BCUT2D eigenvalue weighted by Gasteiger charge is -2.34. The molecule has 1 aliphatic heterocycles. The Kier molecular flexibility index (Phi) is 5.82. The molecule has 2 heterocycles. The quantitative estimate of drug-likeness (QED) is 0.876. The van der Waals surface area contributed by atoms with Gasteiger partial charge < -0.3 is 9.67 Å². The van der Waals surface area contributed by atoms with Crippen molar-refractivity contribution in [3.63, 3.8) is 0 Å². The summed E-state index contributed by atoms with van der Waals surface area (Å²) in [6.45, 7) is 11.8. The molecule has 4 nitrogen and oxygen atoms in total. The largest absolute Gasteiger partial charge is 0.393 e. The van der Waals surface area contributed by atoms with E-state index in [0.717, 1.165) is 44.7 Å². The van der Waals surface area contributed by atoms with Crippen molar-refractivity contribution in [2.45, 2.75) is 65.6 Å². The van der Waals surface area contributed by atoms with Crippen LogP contribution in [-0.4, -0.2) is 38.8 Å². The third-order valence-corrected chi connectivity index (χ3v) is 4.56. The highest BCUT2D eigenvalue weighted by molar-refractivity contribution is 4.95. The van der Waals surface area contributed by atoms with E-state index in [2.05, 4.69) is 48.3 Å². The molecule has 1 aromatic rings. The number of likely N-dealkylation sites (tertiary alicyclic amines) is 1. The van der Waals surface area contributed by atoms with Crippen molar-refractivity contribution in [2.24, 2.45) is 11.8 Å². The van der Waals surface area contributed by atoms with Gasteiger partial charge in [-0.2, -0.15) is 0 Å². The zero-order chi connectivity index (χ0) is 15.4. The lowest BCUT2D eigenvalue weighted by atomic mass is 9.87. The minimum Gasteiger partial charge on any atom is -0.393 e. The second-order valence-electron chi connectivity index (χ2n) is 7.15. The van der Waals surface area contributed by atoms with E-state index in [4.69, 9.17) is 0 Å². The van der Waals surface area contributed by atoms with Crippen LogP contribution in [0.4, 0.5) is 0 Å². The lowest BCUT2D eigenvalue weighted by molar-refractivity contribution is 0.0428. The molecule has 1 unspecified atom stereocenters. The maximum absolute atomic E-state index is 10.3. The van der Waals surface area contributed by atoms with E-state index < -0.39 is 0 Å². The number of aromatic nitrogens is 2. The van der Waals surface area contributed by atoms with Crippen LogP contribution in [-0.2, 0) is 6.54 Å². The fraction of sp³-hybridized carbons (Fsp3) is 0.824. The fourth-order valence-electron chi connectivity index (χ4n) is 3.31. The Hall–Kier alpha value is -0.870. The number of aliphatic hydroxyl groups is 1. The number of piperidine rings is 1. The highest BCUT2D eigenvalue weighted by atomic mass is 16.3. The molecule has 0 saturated carbocycles. The summed E-state index contributed by atoms with van der Waals surface area (Å²) in [5, 5.41) is 10.3. The van der Waals surface area contributed by atoms with Crippen molar-refractivity contribution in [2.75, 3.05) is 13.1 Å². The van der Waals surface area contributed by atoms with E-state index >= 15 is 0 Å². The molecule has 4 heteroatoms. The Morgan fingerprint density at radius 2 is 1.90 bits per heavy atom. The van der Waals surface area contributed by atoms with Crippen molar-refractivity contribution >= 4 is 0 Å². The normalized spacial score (nSPS) is 19.6. The van der Waals surface area contributed by atoms with Crippen LogP contribution in [0.15, 0.2) is 12.4 Å². The Morgan fingerprint density at radius 3 is 2.48 bits per heavy atom. The molecule has 2 rings (SSSR count). The van der Waals surface area contributed by atoms with Gasteiger partial charge in [0.1, 0.15) is 5.82 Å². The second kappa shape index (κ2) is 7.41. The molecule has 0 amide bonds. The van der Waals surface area contributed by atoms with E-state index in [-0.39, 0.29) is 6.10 Å². The van der Waals surface area contributed by atoms with Crippen LogP contribution >= 0.6 is 0 Å². The molecule has 1 aliphatic rings. The van der Waals surface area contributed by atoms with Crippen LogP contribution in [0.1, 0.15) is 58.8 Å². The van der Waals surface area contributed by atoms with Crippen LogP contribution < -0.4 is 0 Å². The second-order valence-corrected chi connectivity index (χ2v) is 7.15. The first-order valence-electron chi connectivity index (χ1n) is 8.39. The first kappa shape index (κ1) is 16.5. The maximum atomic E-state index is 10.3. The summed E-state index contributed by atoms with van der Waals surface area (Å²) < 4.78 is 2.25. The van der Waals surface area contributed by atoms with Crippen LogP contribution in [0.2, 0.25) is 0 Å². The molecule has 1 saturated heterocycles. The molecule has 1 atom stereocenters. The van der Waals surface area contributed by atoms with Gasteiger partial charge in [0.15, 0.2) is 0 Å². The van der Waals surface area contributed by atoms with Crippen molar-refractivity contribution in [1.29, 1.82) is 0 Å². The summed E-state index contributed by atoms with van der Waals surface area (Å²) >= 11 is 0. The van der Waals surface area contributed by atoms with Crippen LogP contribution in [0.25, 0.3) is 0 Å². The zero-order valence-corrected chi connectivity index (χ0v) is 14.0. The number of rotatable bonds is 6. The van der Waals surface area contributed by atoms with Crippen molar-refractivity contribution < 1.29 is 5.11 Å². The topological polar surface area (TPSA) is 41.3 Å². The van der Waals surface area contributed by atoms with Crippen LogP contribution in [0.5, 0.6) is 0 Å². The van der Waals surface area contributed by atoms with E-state index in [0.29, 0.717) is 17.9 Å². The molecule has 0 aromatic carbocycles. The lowest BCUT2D eigenvalue weighted by Crippen LogP contribution is -2.38. The van der Waals surface area contributed by atoms with Gasteiger partial charge in [-0.05, 0) is 58.0 Å². The molecule has 0 spiro atoms.